The summed E-state index contributed by atoms with van der Waals surface area (Å²) in [6.07, 6.45) is -0.809. The lowest BCUT2D eigenvalue weighted by Gasteiger charge is -2.13. The van der Waals surface area contributed by atoms with Gasteiger partial charge in [0.1, 0.15) is 11.4 Å². The highest BCUT2D eigenvalue weighted by Crippen LogP contribution is 2.40. The first kappa shape index (κ1) is 30.5. The van der Waals surface area contributed by atoms with Crippen LogP contribution in [-0.4, -0.2) is 46.3 Å². The Morgan fingerprint density at radius 1 is 1.02 bits per heavy atom. The molecule has 5 aromatic rings. The highest BCUT2D eigenvalue weighted by molar-refractivity contribution is 6.05. The van der Waals surface area contributed by atoms with Crippen LogP contribution >= 0.6 is 0 Å². The lowest BCUT2D eigenvalue weighted by molar-refractivity contribution is -0.127. The van der Waals surface area contributed by atoms with Crippen LogP contribution in [0.1, 0.15) is 40.8 Å². The SMILES string of the molecule is CCOC(=O)c1c(CCCOc2cccc3ccccc23)c2cccc3c2n1C/C=C\COCc1c-3c(CC(F)(F)F)nn1C. The van der Waals surface area contributed by atoms with E-state index in [9.17, 15) is 18.0 Å². The van der Waals surface area contributed by atoms with Crippen molar-refractivity contribution in [3.05, 3.63) is 95.5 Å². The van der Waals surface area contributed by atoms with Gasteiger partial charge in [-0.3, -0.25) is 4.68 Å². The summed E-state index contributed by atoms with van der Waals surface area (Å²) in [6.45, 7) is 2.99. The van der Waals surface area contributed by atoms with Gasteiger partial charge in [0.25, 0.3) is 0 Å². The molecule has 0 aliphatic carbocycles. The van der Waals surface area contributed by atoms with E-state index in [-0.39, 0.29) is 25.5 Å². The number of aryl methyl sites for hydroxylation is 2. The number of alkyl halides is 3. The molecule has 0 N–H and O–H groups in total. The van der Waals surface area contributed by atoms with Gasteiger partial charge in [-0.1, -0.05) is 66.7 Å². The number of halogens is 3. The predicted octanol–water partition coefficient (Wildman–Crippen LogP) is 7.57. The van der Waals surface area contributed by atoms with E-state index in [4.69, 9.17) is 14.2 Å². The van der Waals surface area contributed by atoms with Crippen LogP contribution in [0.2, 0.25) is 0 Å². The number of esters is 1. The van der Waals surface area contributed by atoms with E-state index < -0.39 is 18.6 Å². The van der Waals surface area contributed by atoms with Gasteiger partial charge in [-0.15, -0.1) is 0 Å². The molecule has 0 unspecified atom stereocenters. The number of aromatic nitrogens is 3. The number of para-hydroxylation sites is 1. The van der Waals surface area contributed by atoms with Crippen molar-refractivity contribution in [2.75, 3.05) is 19.8 Å². The number of nitrogens with zero attached hydrogens (tertiary/aromatic N) is 3. The first-order chi connectivity index (χ1) is 21.8. The van der Waals surface area contributed by atoms with E-state index in [1.165, 1.54) is 4.68 Å². The zero-order valence-corrected chi connectivity index (χ0v) is 25.2. The van der Waals surface area contributed by atoms with E-state index >= 15 is 0 Å². The molecule has 1 aliphatic heterocycles. The molecule has 3 heterocycles. The Kier molecular flexibility index (Phi) is 8.67. The van der Waals surface area contributed by atoms with Gasteiger partial charge in [0, 0.05) is 35.5 Å². The van der Waals surface area contributed by atoms with Gasteiger partial charge in [0.2, 0.25) is 0 Å². The van der Waals surface area contributed by atoms with Gasteiger partial charge in [-0.2, -0.15) is 18.3 Å². The molecule has 0 amide bonds. The zero-order valence-electron chi connectivity index (χ0n) is 25.2. The molecule has 0 spiro atoms. The van der Waals surface area contributed by atoms with Crippen LogP contribution in [0.15, 0.2) is 72.8 Å². The number of hydrogen-bond donors (Lipinski definition) is 0. The van der Waals surface area contributed by atoms with Crippen LogP contribution in [-0.2, 0) is 42.5 Å². The number of hydrogen-bond acceptors (Lipinski definition) is 5. The number of allylic oxidation sites excluding steroid dienone is 1. The molecule has 0 bridgehead atoms. The Hall–Kier alpha value is -4.57. The van der Waals surface area contributed by atoms with Gasteiger partial charge >= 0.3 is 12.1 Å². The van der Waals surface area contributed by atoms with Crippen LogP contribution in [0.5, 0.6) is 5.75 Å². The number of benzene rings is 3. The van der Waals surface area contributed by atoms with E-state index in [0.29, 0.717) is 54.0 Å². The summed E-state index contributed by atoms with van der Waals surface area (Å²) in [7, 11) is 1.63. The summed E-state index contributed by atoms with van der Waals surface area (Å²) in [6, 6.07) is 19.5. The molecule has 1 aliphatic rings. The van der Waals surface area contributed by atoms with Gasteiger partial charge in [0.15, 0.2) is 0 Å². The maximum Gasteiger partial charge on any atom is 0.394 e. The quantitative estimate of drug-likeness (QED) is 0.102. The van der Waals surface area contributed by atoms with Crippen molar-refractivity contribution in [2.24, 2.45) is 7.05 Å². The molecular formula is C35H34F3N3O4. The number of carbonyl (C=O) groups is 1. The third kappa shape index (κ3) is 6.20. The molecule has 45 heavy (non-hydrogen) atoms. The van der Waals surface area contributed by atoms with Crippen molar-refractivity contribution in [1.29, 1.82) is 0 Å². The molecular weight excluding hydrogens is 583 g/mol. The Balaban J connectivity index is 1.46. The van der Waals surface area contributed by atoms with E-state index in [2.05, 4.69) is 5.10 Å². The van der Waals surface area contributed by atoms with Crippen LogP contribution in [0.3, 0.4) is 0 Å². The summed E-state index contributed by atoms with van der Waals surface area (Å²) >= 11 is 0. The fraction of sp³-hybridized carbons (Fsp3) is 0.314. The second-order valence-corrected chi connectivity index (χ2v) is 11.0. The van der Waals surface area contributed by atoms with Crippen LogP contribution in [0, 0.1) is 0 Å². The maximum absolute atomic E-state index is 13.8. The topological polar surface area (TPSA) is 67.5 Å². The highest BCUT2D eigenvalue weighted by atomic mass is 19.4. The fourth-order valence-corrected chi connectivity index (χ4v) is 6.18. The lowest BCUT2D eigenvalue weighted by Crippen LogP contribution is -2.15. The molecule has 6 rings (SSSR count). The van der Waals surface area contributed by atoms with Crippen LogP contribution in [0.4, 0.5) is 13.2 Å². The monoisotopic (exact) mass is 617 g/mol. The molecule has 0 radical (unpaired) electrons. The molecule has 0 saturated carbocycles. The largest absolute Gasteiger partial charge is 0.493 e. The standard InChI is InChI=1S/C35H34F3N3O4/c1-3-44-34(42)33-26(16-10-20-45-30-17-8-12-23-11-4-5-13-24(23)30)25-14-9-15-27-31-28(21-35(36,37)38)39-40(2)29(31)22-43-19-7-6-18-41(33)32(25)27/h4-9,11-15,17H,3,10,16,18-22H2,1-2H3/b7-6-. The van der Waals surface area contributed by atoms with E-state index in [1.54, 1.807) is 20.0 Å². The Labute approximate surface area is 258 Å². The van der Waals surface area contributed by atoms with Crippen LogP contribution in [0.25, 0.3) is 32.8 Å². The average molecular weight is 618 g/mol. The maximum atomic E-state index is 13.8. The number of fused-ring (bicyclic) bond motifs is 3. The summed E-state index contributed by atoms with van der Waals surface area (Å²) < 4.78 is 62.2. The molecule has 0 fully saturated rings. The number of rotatable bonds is 8. The third-order valence-electron chi connectivity index (χ3n) is 8.02. The van der Waals surface area contributed by atoms with Crippen molar-refractivity contribution in [3.8, 4) is 16.9 Å². The predicted molar refractivity (Wildman–Crippen MR) is 166 cm³/mol. The smallest absolute Gasteiger partial charge is 0.394 e. The van der Waals surface area contributed by atoms with Gasteiger partial charge in [-0.25, -0.2) is 4.79 Å². The Bertz CT molecular complexity index is 1880. The summed E-state index contributed by atoms with van der Waals surface area (Å²) in [5.74, 6) is 0.303. The lowest BCUT2D eigenvalue weighted by atomic mass is 9.97. The first-order valence-electron chi connectivity index (χ1n) is 15.0. The van der Waals surface area contributed by atoms with Crippen molar-refractivity contribution in [3.63, 3.8) is 0 Å². The number of carbonyl (C=O) groups excluding carboxylic acids is 1. The van der Waals surface area contributed by atoms with Gasteiger partial charge in [-0.05, 0) is 36.8 Å². The minimum atomic E-state index is -4.46. The number of ether oxygens (including phenoxy) is 3. The molecule has 234 valence electrons. The second-order valence-electron chi connectivity index (χ2n) is 11.0. The molecule has 10 heteroatoms. The van der Waals surface area contributed by atoms with E-state index in [0.717, 1.165) is 27.5 Å². The van der Waals surface area contributed by atoms with Crippen molar-refractivity contribution < 1.29 is 32.2 Å². The van der Waals surface area contributed by atoms with Crippen LogP contribution < -0.4 is 4.74 Å². The molecule has 0 atom stereocenters. The zero-order chi connectivity index (χ0) is 31.6. The molecule has 7 nitrogen and oxygen atoms in total. The van der Waals surface area contributed by atoms with E-state index in [1.807, 2.05) is 71.3 Å². The fourth-order valence-electron chi connectivity index (χ4n) is 6.18. The highest BCUT2D eigenvalue weighted by Gasteiger charge is 2.34. The van der Waals surface area contributed by atoms with Gasteiger partial charge in [0.05, 0.1) is 49.8 Å². The third-order valence-corrected chi connectivity index (χ3v) is 8.02. The Morgan fingerprint density at radius 3 is 2.62 bits per heavy atom. The minimum absolute atomic E-state index is 0.0845. The van der Waals surface area contributed by atoms with Crippen molar-refractivity contribution >= 4 is 27.6 Å². The average Bonchev–Trinajstić information content (AvgIpc) is 3.47. The summed E-state index contributed by atoms with van der Waals surface area (Å²) in [4.78, 5) is 13.6. The summed E-state index contributed by atoms with van der Waals surface area (Å²) in [5, 5.41) is 7.18. The van der Waals surface area contributed by atoms with Crippen molar-refractivity contribution in [2.45, 2.75) is 45.5 Å². The Morgan fingerprint density at radius 2 is 1.80 bits per heavy atom. The minimum Gasteiger partial charge on any atom is -0.493 e. The molecule has 2 aromatic heterocycles. The molecule has 3 aromatic carbocycles. The first-order valence-corrected chi connectivity index (χ1v) is 15.0. The van der Waals surface area contributed by atoms with Crippen molar-refractivity contribution in [1.82, 2.24) is 14.3 Å². The molecule has 0 saturated heterocycles. The second kappa shape index (κ2) is 12.8. The van der Waals surface area contributed by atoms with Gasteiger partial charge < -0.3 is 18.8 Å². The normalized spacial score (nSPS) is 14.2. The summed E-state index contributed by atoms with van der Waals surface area (Å²) in [5.41, 5.74) is 3.22.